The quantitative estimate of drug-likeness (QED) is 0.563. The normalized spacial score (nSPS) is 21.8. The first kappa shape index (κ1) is 9.08. The number of hydrogen-bond donors (Lipinski definition) is 1. The van der Waals surface area contributed by atoms with Crippen LogP contribution in [0.2, 0.25) is 0 Å². The Hall–Kier alpha value is -1.01. The Kier molecular flexibility index (Phi) is 3.12. The second-order valence-electron chi connectivity index (χ2n) is 2.82. The molecule has 0 radical (unpaired) electrons. The molecule has 1 fully saturated rings. The minimum Gasteiger partial charge on any atom is -0.316 e. The molecule has 1 amide bonds. The molecule has 1 unspecified atom stereocenters. The summed E-state index contributed by atoms with van der Waals surface area (Å²) in [6, 6.07) is 0. The number of carbonyl (C=O) groups excluding carboxylic acids is 1. The number of rotatable bonds is 1. The van der Waals surface area contributed by atoms with Crippen molar-refractivity contribution in [3.8, 4) is 11.8 Å². The van der Waals surface area contributed by atoms with Gasteiger partial charge in [-0.1, -0.05) is 5.92 Å². The van der Waals surface area contributed by atoms with Gasteiger partial charge in [0.1, 0.15) is 0 Å². The van der Waals surface area contributed by atoms with Crippen LogP contribution in [0.15, 0.2) is 0 Å². The molecule has 1 aliphatic rings. The topological polar surface area (TPSA) is 32.3 Å². The maximum Gasteiger partial charge on any atom is 0.299 e. The molecule has 0 aromatic heterocycles. The first-order chi connectivity index (χ1) is 5.79. The van der Waals surface area contributed by atoms with E-state index in [1.165, 1.54) is 0 Å². The molecule has 3 heteroatoms. The van der Waals surface area contributed by atoms with E-state index >= 15 is 0 Å². The lowest BCUT2D eigenvalue weighted by atomic mass is 10.3. The van der Waals surface area contributed by atoms with Crippen molar-refractivity contribution in [2.24, 2.45) is 0 Å². The number of hydrogen-bond acceptors (Lipinski definition) is 2. The summed E-state index contributed by atoms with van der Waals surface area (Å²) < 4.78 is 0. The molecule has 0 spiro atoms. The maximum atomic E-state index is 11.3. The highest BCUT2D eigenvalue weighted by Gasteiger charge is 2.25. The van der Waals surface area contributed by atoms with Crippen molar-refractivity contribution in [1.29, 1.82) is 0 Å². The second kappa shape index (κ2) is 4.13. The van der Waals surface area contributed by atoms with Crippen LogP contribution in [0, 0.1) is 11.8 Å². The summed E-state index contributed by atoms with van der Waals surface area (Å²) in [5, 5.41) is 3.09. The lowest BCUT2D eigenvalue weighted by Gasteiger charge is -2.21. The Morgan fingerprint density at radius 1 is 1.67 bits per heavy atom. The summed E-state index contributed by atoms with van der Waals surface area (Å²) in [5.74, 6) is 5.11. The second-order valence-corrected chi connectivity index (χ2v) is 2.82. The highest BCUT2D eigenvalue weighted by atomic mass is 16.2. The van der Waals surface area contributed by atoms with Crippen LogP contribution >= 0.6 is 0 Å². The summed E-state index contributed by atoms with van der Waals surface area (Å²) in [4.78, 5) is 13.1. The summed E-state index contributed by atoms with van der Waals surface area (Å²) >= 11 is 0. The van der Waals surface area contributed by atoms with Crippen LogP contribution in [0.1, 0.15) is 19.8 Å². The van der Waals surface area contributed by atoms with E-state index in [9.17, 15) is 4.79 Å². The lowest BCUT2D eigenvalue weighted by Crippen LogP contribution is -2.42. The third kappa shape index (κ3) is 1.77. The summed E-state index contributed by atoms with van der Waals surface area (Å²) in [6.07, 6.45) is 2.30. The molecule has 1 saturated heterocycles. The van der Waals surface area contributed by atoms with Gasteiger partial charge in [-0.2, -0.15) is 0 Å². The number of nitrogens with one attached hydrogen (secondary N) is 1. The molecular formula is C9H14N2O. The molecule has 3 nitrogen and oxygen atoms in total. The van der Waals surface area contributed by atoms with E-state index in [-0.39, 0.29) is 12.1 Å². The minimum absolute atomic E-state index is 0.0608. The van der Waals surface area contributed by atoms with Crippen LogP contribution in [0.5, 0.6) is 0 Å². The van der Waals surface area contributed by atoms with E-state index in [1.807, 2.05) is 7.05 Å². The highest BCUT2D eigenvalue weighted by Crippen LogP contribution is 2.13. The molecule has 0 aliphatic carbocycles. The van der Waals surface area contributed by atoms with Crippen LogP contribution in [-0.2, 0) is 4.79 Å². The van der Waals surface area contributed by atoms with E-state index in [0.29, 0.717) is 0 Å². The number of amides is 1. The average Bonchev–Trinajstić information content (AvgIpc) is 2.51. The molecule has 0 aromatic rings. The zero-order valence-corrected chi connectivity index (χ0v) is 7.55. The van der Waals surface area contributed by atoms with E-state index in [1.54, 1.807) is 11.8 Å². The molecule has 1 rings (SSSR count). The zero-order chi connectivity index (χ0) is 8.97. The van der Waals surface area contributed by atoms with Gasteiger partial charge in [-0.25, -0.2) is 0 Å². The molecule has 0 saturated carbocycles. The van der Waals surface area contributed by atoms with Crippen molar-refractivity contribution in [3.05, 3.63) is 0 Å². The van der Waals surface area contributed by atoms with E-state index < -0.39 is 0 Å². The van der Waals surface area contributed by atoms with Crippen molar-refractivity contribution in [3.63, 3.8) is 0 Å². The van der Waals surface area contributed by atoms with E-state index in [2.05, 4.69) is 17.2 Å². The molecule has 66 valence electrons. The van der Waals surface area contributed by atoms with Crippen LogP contribution in [-0.4, -0.2) is 30.6 Å². The Morgan fingerprint density at radius 3 is 3.00 bits per heavy atom. The predicted molar refractivity (Wildman–Crippen MR) is 47.2 cm³/mol. The molecule has 0 bridgehead atoms. The van der Waals surface area contributed by atoms with Crippen molar-refractivity contribution in [2.75, 3.05) is 13.6 Å². The van der Waals surface area contributed by atoms with E-state index in [0.717, 1.165) is 19.4 Å². The van der Waals surface area contributed by atoms with Gasteiger partial charge >= 0.3 is 0 Å². The molecular weight excluding hydrogens is 152 g/mol. The first-order valence-corrected chi connectivity index (χ1v) is 4.20. The van der Waals surface area contributed by atoms with Crippen molar-refractivity contribution >= 4 is 5.91 Å². The number of nitrogens with zero attached hydrogens (tertiary/aromatic N) is 1. The minimum atomic E-state index is -0.0608. The smallest absolute Gasteiger partial charge is 0.299 e. The van der Waals surface area contributed by atoms with Crippen LogP contribution in [0.25, 0.3) is 0 Å². The molecule has 1 heterocycles. The Labute approximate surface area is 73.1 Å². The first-order valence-electron chi connectivity index (χ1n) is 4.20. The Balaban J connectivity index is 2.59. The monoisotopic (exact) mass is 166 g/mol. The predicted octanol–water partition coefficient (Wildman–Crippen LogP) is 0.178. The van der Waals surface area contributed by atoms with Gasteiger partial charge in [-0.3, -0.25) is 4.79 Å². The lowest BCUT2D eigenvalue weighted by molar-refractivity contribution is -0.126. The van der Waals surface area contributed by atoms with Gasteiger partial charge in [0.15, 0.2) is 0 Å². The van der Waals surface area contributed by atoms with Gasteiger partial charge in [-0.15, -0.1) is 0 Å². The maximum absolute atomic E-state index is 11.3. The molecule has 1 atom stereocenters. The van der Waals surface area contributed by atoms with Crippen molar-refractivity contribution in [2.45, 2.75) is 25.9 Å². The van der Waals surface area contributed by atoms with Gasteiger partial charge in [0.05, 0.1) is 6.17 Å². The van der Waals surface area contributed by atoms with Crippen LogP contribution < -0.4 is 5.32 Å². The van der Waals surface area contributed by atoms with Gasteiger partial charge in [-0.05, 0) is 32.7 Å². The van der Waals surface area contributed by atoms with E-state index in [4.69, 9.17) is 0 Å². The highest BCUT2D eigenvalue weighted by molar-refractivity contribution is 5.93. The van der Waals surface area contributed by atoms with Gasteiger partial charge in [0, 0.05) is 6.54 Å². The standard InChI is InChI=1S/C9H14N2O/c1-3-5-9(12)11-7-4-6-8(11)10-2/h8,10H,4,6-7H2,1-2H3. The van der Waals surface area contributed by atoms with Crippen molar-refractivity contribution < 1.29 is 4.79 Å². The number of carbonyl (C=O) groups is 1. The third-order valence-corrected chi connectivity index (χ3v) is 2.08. The molecule has 1 N–H and O–H groups in total. The fourth-order valence-corrected chi connectivity index (χ4v) is 1.49. The molecule has 0 aromatic carbocycles. The van der Waals surface area contributed by atoms with Crippen LogP contribution in [0.4, 0.5) is 0 Å². The Bertz CT molecular complexity index is 226. The summed E-state index contributed by atoms with van der Waals surface area (Å²) in [6.45, 7) is 2.52. The van der Waals surface area contributed by atoms with Gasteiger partial charge in [0.2, 0.25) is 0 Å². The largest absolute Gasteiger partial charge is 0.316 e. The van der Waals surface area contributed by atoms with Crippen LogP contribution in [0.3, 0.4) is 0 Å². The fraction of sp³-hybridized carbons (Fsp3) is 0.667. The fourth-order valence-electron chi connectivity index (χ4n) is 1.49. The average molecular weight is 166 g/mol. The molecule has 12 heavy (non-hydrogen) atoms. The van der Waals surface area contributed by atoms with Crippen molar-refractivity contribution in [1.82, 2.24) is 10.2 Å². The van der Waals surface area contributed by atoms with Gasteiger partial charge < -0.3 is 10.2 Å². The van der Waals surface area contributed by atoms with Gasteiger partial charge in [0.25, 0.3) is 5.91 Å². The number of likely N-dealkylation sites (tertiary alicyclic amines) is 1. The Morgan fingerprint density at radius 2 is 2.42 bits per heavy atom. The summed E-state index contributed by atoms with van der Waals surface area (Å²) in [5.41, 5.74) is 0. The zero-order valence-electron chi connectivity index (χ0n) is 7.55. The summed E-state index contributed by atoms with van der Waals surface area (Å²) in [7, 11) is 1.87. The third-order valence-electron chi connectivity index (χ3n) is 2.08. The molecule has 1 aliphatic heterocycles. The SMILES string of the molecule is CC#CC(=O)N1CCCC1NC.